The number of rotatable bonds is 4. The van der Waals surface area contributed by atoms with Crippen LogP contribution in [0.5, 0.6) is 0 Å². The maximum atomic E-state index is 5.23. The molecule has 0 aliphatic carbocycles. The quantitative estimate of drug-likeness (QED) is 0.188. The number of hydrogen-bond donors (Lipinski definition) is 0. The molecule has 0 saturated heterocycles. The molecular formula is C41H24N4S. The molecule has 0 aliphatic heterocycles. The number of nitrogens with zero attached hydrogens (tertiary/aromatic N) is 4. The van der Waals surface area contributed by atoms with E-state index < -0.39 is 0 Å². The highest BCUT2D eigenvalue weighted by Gasteiger charge is 2.22. The van der Waals surface area contributed by atoms with Gasteiger partial charge in [-0.2, -0.15) is 9.97 Å². The van der Waals surface area contributed by atoms with Gasteiger partial charge in [0.15, 0.2) is 11.6 Å². The van der Waals surface area contributed by atoms with Crippen LogP contribution in [0.4, 0.5) is 0 Å². The van der Waals surface area contributed by atoms with E-state index >= 15 is 0 Å². The van der Waals surface area contributed by atoms with Crippen molar-refractivity contribution in [1.82, 2.24) is 19.5 Å². The van der Waals surface area contributed by atoms with Gasteiger partial charge in [-0.25, -0.2) is 4.98 Å². The fourth-order valence-corrected chi connectivity index (χ4v) is 8.12. The molecule has 0 fully saturated rings. The van der Waals surface area contributed by atoms with E-state index in [0.29, 0.717) is 17.6 Å². The first-order valence-electron chi connectivity index (χ1n) is 15.4. The van der Waals surface area contributed by atoms with Crippen molar-refractivity contribution in [3.05, 3.63) is 146 Å². The Morgan fingerprint density at radius 1 is 0.391 bits per heavy atom. The predicted octanol–water partition coefficient (Wildman–Crippen LogP) is 10.9. The Hall–Kier alpha value is -5.91. The summed E-state index contributed by atoms with van der Waals surface area (Å²) in [5.74, 6) is 1.89. The van der Waals surface area contributed by atoms with Gasteiger partial charge in [-0.3, -0.25) is 4.57 Å². The Balaban J connectivity index is 1.31. The molecule has 214 valence electrons. The van der Waals surface area contributed by atoms with Crippen LogP contribution in [0.2, 0.25) is 0 Å². The van der Waals surface area contributed by atoms with E-state index in [1.165, 1.54) is 41.7 Å². The van der Waals surface area contributed by atoms with Gasteiger partial charge in [-0.05, 0) is 52.2 Å². The first-order chi connectivity index (χ1) is 22.8. The number of aromatic nitrogens is 4. The zero-order valence-corrected chi connectivity index (χ0v) is 25.4. The molecule has 0 N–H and O–H groups in total. The third-order valence-electron chi connectivity index (χ3n) is 9.01. The van der Waals surface area contributed by atoms with Crippen molar-refractivity contribution in [2.75, 3.05) is 0 Å². The summed E-state index contributed by atoms with van der Waals surface area (Å²) in [5.41, 5.74) is 6.35. The van der Waals surface area contributed by atoms with Gasteiger partial charge in [0, 0.05) is 42.1 Å². The smallest absolute Gasteiger partial charge is 0.238 e. The second kappa shape index (κ2) is 9.80. The summed E-state index contributed by atoms with van der Waals surface area (Å²) in [6.45, 7) is 0. The van der Waals surface area contributed by atoms with Crippen molar-refractivity contribution in [2.45, 2.75) is 0 Å². The van der Waals surface area contributed by atoms with Crippen LogP contribution in [0.25, 0.3) is 92.6 Å². The molecule has 10 rings (SSSR count). The highest BCUT2D eigenvalue weighted by atomic mass is 32.1. The van der Waals surface area contributed by atoms with E-state index in [0.717, 1.165) is 33.3 Å². The molecule has 46 heavy (non-hydrogen) atoms. The van der Waals surface area contributed by atoms with E-state index in [-0.39, 0.29) is 0 Å². The molecule has 0 unspecified atom stereocenters. The molecule has 0 atom stereocenters. The second-order valence-electron chi connectivity index (χ2n) is 11.7. The monoisotopic (exact) mass is 604 g/mol. The van der Waals surface area contributed by atoms with Crippen LogP contribution in [-0.2, 0) is 0 Å². The van der Waals surface area contributed by atoms with Gasteiger partial charge in [0.2, 0.25) is 5.95 Å². The Labute approximate surface area is 268 Å². The third-order valence-corrected chi connectivity index (χ3v) is 10.1. The molecule has 4 nitrogen and oxygen atoms in total. The molecule has 0 spiro atoms. The molecule has 0 bridgehead atoms. The summed E-state index contributed by atoms with van der Waals surface area (Å²) < 4.78 is 4.77. The standard InChI is InChI=1S/C41H24N4S/c1-3-10-25(11-4-1)29-15-7-16-30(24-29)40-42-39(28-12-5-2-6-13-28)43-41(44-40)45-31-17-9-19-34-37(31)38-32(45)23-22-27-21-20-26-14-8-18-33(46-34)35(26)36(27)38/h1-24H. The van der Waals surface area contributed by atoms with Gasteiger partial charge in [-0.1, -0.05) is 115 Å². The molecule has 0 amide bonds. The minimum Gasteiger partial charge on any atom is -0.278 e. The van der Waals surface area contributed by atoms with Crippen molar-refractivity contribution in [3.8, 4) is 39.9 Å². The first-order valence-corrected chi connectivity index (χ1v) is 16.2. The third kappa shape index (κ3) is 3.76. The van der Waals surface area contributed by atoms with E-state index in [4.69, 9.17) is 15.0 Å². The Kier molecular flexibility index (Phi) is 5.41. The molecule has 5 heteroatoms. The highest BCUT2D eigenvalue weighted by molar-refractivity contribution is 7.24. The van der Waals surface area contributed by atoms with Crippen molar-refractivity contribution >= 4 is 64.1 Å². The molecular weight excluding hydrogens is 581 g/mol. The van der Waals surface area contributed by atoms with Crippen molar-refractivity contribution in [2.24, 2.45) is 0 Å². The molecule has 0 aliphatic rings. The van der Waals surface area contributed by atoms with Gasteiger partial charge >= 0.3 is 0 Å². The van der Waals surface area contributed by atoms with Crippen molar-refractivity contribution in [1.29, 1.82) is 0 Å². The predicted molar refractivity (Wildman–Crippen MR) is 192 cm³/mol. The Bertz CT molecular complexity index is 2740. The van der Waals surface area contributed by atoms with E-state index in [1.807, 2.05) is 35.6 Å². The van der Waals surface area contributed by atoms with Gasteiger partial charge in [0.1, 0.15) is 0 Å². The molecule has 3 heterocycles. The van der Waals surface area contributed by atoms with Crippen LogP contribution >= 0.6 is 11.3 Å². The zero-order chi connectivity index (χ0) is 30.2. The number of hydrogen-bond acceptors (Lipinski definition) is 4. The van der Waals surface area contributed by atoms with Gasteiger partial charge in [0.05, 0.1) is 11.0 Å². The average Bonchev–Trinajstić information content (AvgIpc) is 3.39. The normalized spacial score (nSPS) is 11.9. The van der Waals surface area contributed by atoms with Gasteiger partial charge in [0.25, 0.3) is 0 Å². The summed E-state index contributed by atoms with van der Waals surface area (Å²) in [6, 6.07) is 51.3. The van der Waals surface area contributed by atoms with Gasteiger partial charge in [-0.15, -0.1) is 11.3 Å². The van der Waals surface area contributed by atoms with Gasteiger partial charge < -0.3 is 0 Å². The fourth-order valence-electron chi connectivity index (χ4n) is 6.96. The van der Waals surface area contributed by atoms with Crippen molar-refractivity contribution in [3.63, 3.8) is 0 Å². The summed E-state index contributed by atoms with van der Waals surface area (Å²) in [7, 11) is 0. The molecule has 0 radical (unpaired) electrons. The topological polar surface area (TPSA) is 43.6 Å². The summed E-state index contributed by atoms with van der Waals surface area (Å²) >= 11 is 1.85. The molecule has 3 aromatic heterocycles. The first kappa shape index (κ1) is 25.4. The number of benzene rings is 7. The summed E-state index contributed by atoms with van der Waals surface area (Å²) in [4.78, 5) is 15.5. The lowest BCUT2D eigenvalue weighted by Crippen LogP contribution is -2.06. The average molecular weight is 605 g/mol. The van der Waals surface area contributed by atoms with Crippen LogP contribution in [0.3, 0.4) is 0 Å². The van der Waals surface area contributed by atoms with Crippen LogP contribution in [0.15, 0.2) is 146 Å². The van der Waals surface area contributed by atoms with Crippen molar-refractivity contribution < 1.29 is 0 Å². The molecule has 10 aromatic rings. The van der Waals surface area contributed by atoms with Crippen LogP contribution in [-0.4, -0.2) is 19.5 Å². The van der Waals surface area contributed by atoms with E-state index in [2.05, 4.69) is 126 Å². The largest absolute Gasteiger partial charge is 0.278 e. The van der Waals surface area contributed by atoms with Crippen LogP contribution in [0.1, 0.15) is 0 Å². The highest BCUT2D eigenvalue weighted by Crippen LogP contribution is 2.45. The van der Waals surface area contributed by atoms with Crippen LogP contribution in [0, 0.1) is 0 Å². The lowest BCUT2D eigenvalue weighted by atomic mass is 9.97. The zero-order valence-electron chi connectivity index (χ0n) is 24.6. The molecule has 0 saturated carbocycles. The Morgan fingerprint density at radius 2 is 0.978 bits per heavy atom. The SMILES string of the molecule is c1ccc(-c2cccc(-c3nc(-c4ccccc4)nc(-n4c5cccc6sc7cccc8ccc9ccc4c(c9c87)c65)n3)c2)cc1. The molecule has 7 aromatic carbocycles. The van der Waals surface area contributed by atoms with Crippen LogP contribution < -0.4 is 0 Å². The van der Waals surface area contributed by atoms with E-state index in [1.54, 1.807) is 0 Å². The minimum absolute atomic E-state index is 0.608. The maximum absolute atomic E-state index is 5.23. The summed E-state index contributed by atoms with van der Waals surface area (Å²) in [5, 5.41) is 7.59. The summed E-state index contributed by atoms with van der Waals surface area (Å²) in [6.07, 6.45) is 0. The Morgan fingerprint density at radius 3 is 1.78 bits per heavy atom. The maximum Gasteiger partial charge on any atom is 0.238 e. The minimum atomic E-state index is 0.608. The lowest BCUT2D eigenvalue weighted by Gasteiger charge is -2.12. The fraction of sp³-hybridized carbons (Fsp3) is 0. The second-order valence-corrected chi connectivity index (χ2v) is 12.7. The van der Waals surface area contributed by atoms with E-state index in [9.17, 15) is 0 Å². The lowest BCUT2D eigenvalue weighted by molar-refractivity contribution is 0.954.